The molecule has 0 aliphatic rings. The van der Waals surface area contributed by atoms with Crippen LogP contribution in [0.25, 0.3) is 0 Å². The summed E-state index contributed by atoms with van der Waals surface area (Å²) in [6, 6.07) is 0. The summed E-state index contributed by atoms with van der Waals surface area (Å²) in [6.45, 7) is 7.45. The van der Waals surface area contributed by atoms with Gasteiger partial charge in [0.15, 0.2) is 0 Å². The first-order valence-electron chi connectivity index (χ1n) is 5.51. The first-order chi connectivity index (χ1) is 8.70. The Bertz CT molecular complexity index is 246. The lowest BCUT2D eigenvalue weighted by Crippen LogP contribution is -2.11. The van der Waals surface area contributed by atoms with Crippen LogP contribution in [0.15, 0.2) is 25.3 Å². The molecule has 6 nitrogen and oxygen atoms in total. The fraction of sp³-hybridized carbons (Fsp3) is 0.500. The average molecular weight is 258 g/mol. The second kappa shape index (κ2) is 11.5. The van der Waals surface area contributed by atoms with Crippen LogP contribution in [0.3, 0.4) is 0 Å². The van der Waals surface area contributed by atoms with Crippen LogP contribution in [0.1, 0.15) is 12.8 Å². The second-order valence-electron chi connectivity index (χ2n) is 3.10. The minimum atomic E-state index is -0.735. The number of hydrogen-bond acceptors (Lipinski definition) is 6. The van der Waals surface area contributed by atoms with Crippen molar-refractivity contribution in [3.8, 4) is 0 Å². The molecule has 0 amide bonds. The van der Waals surface area contributed by atoms with Crippen LogP contribution in [0.5, 0.6) is 0 Å². The standard InChI is InChI=1S/C12H18O6/c1-3-7-15-11(13)17-9-5-6-10-18-12(14)16-8-4-2/h3-4H,1-2,5-10H2. The highest BCUT2D eigenvalue weighted by Gasteiger charge is 2.03. The van der Waals surface area contributed by atoms with E-state index in [1.807, 2.05) is 0 Å². The van der Waals surface area contributed by atoms with Crippen molar-refractivity contribution < 1.29 is 28.5 Å². The lowest BCUT2D eigenvalue weighted by atomic mass is 10.3. The Labute approximate surface area is 106 Å². The van der Waals surface area contributed by atoms with E-state index in [0.29, 0.717) is 12.8 Å². The molecule has 0 spiro atoms. The minimum Gasteiger partial charge on any atom is -0.434 e. The van der Waals surface area contributed by atoms with E-state index in [2.05, 4.69) is 22.6 Å². The number of carbonyl (C=O) groups excluding carboxylic acids is 2. The van der Waals surface area contributed by atoms with E-state index in [9.17, 15) is 9.59 Å². The van der Waals surface area contributed by atoms with Gasteiger partial charge in [-0.15, -0.1) is 0 Å². The van der Waals surface area contributed by atoms with Gasteiger partial charge in [0, 0.05) is 0 Å². The molecule has 0 aromatic carbocycles. The Hall–Kier alpha value is -1.98. The van der Waals surface area contributed by atoms with E-state index in [1.54, 1.807) is 0 Å². The Morgan fingerprint density at radius 2 is 1.17 bits per heavy atom. The fourth-order valence-corrected chi connectivity index (χ4v) is 0.852. The lowest BCUT2D eigenvalue weighted by Gasteiger charge is -2.05. The molecule has 0 N–H and O–H groups in total. The molecule has 0 saturated carbocycles. The second-order valence-corrected chi connectivity index (χ2v) is 3.10. The maximum absolute atomic E-state index is 10.9. The molecule has 0 unspecified atom stereocenters. The van der Waals surface area contributed by atoms with Gasteiger partial charge in [-0.2, -0.15) is 0 Å². The summed E-state index contributed by atoms with van der Waals surface area (Å²) < 4.78 is 18.6. The van der Waals surface area contributed by atoms with Gasteiger partial charge < -0.3 is 18.9 Å². The molecular weight excluding hydrogens is 240 g/mol. The first kappa shape index (κ1) is 16.0. The van der Waals surface area contributed by atoms with Crippen molar-refractivity contribution in [3.05, 3.63) is 25.3 Å². The predicted octanol–water partition coefficient (Wildman–Crippen LogP) is 2.45. The smallest absolute Gasteiger partial charge is 0.434 e. The summed E-state index contributed by atoms with van der Waals surface area (Å²) in [4.78, 5) is 21.7. The van der Waals surface area contributed by atoms with Crippen molar-refractivity contribution in [2.75, 3.05) is 26.4 Å². The van der Waals surface area contributed by atoms with Crippen LogP contribution < -0.4 is 0 Å². The van der Waals surface area contributed by atoms with Crippen molar-refractivity contribution in [3.63, 3.8) is 0 Å². The van der Waals surface area contributed by atoms with Crippen LogP contribution in [0, 0.1) is 0 Å². The van der Waals surface area contributed by atoms with Crippen LogP contribution >= 0.6 is 0 Å². The van der Waals surface area contributed by atoms with Crippen molar-refractivity contribution in [1.82, 2.24) is 0 Å². The minimum absolute atomic E-state index is 0.122. The molecule has 0 bridgehead atoms. The summed E-state index contributed by atoms with van der Waals surface area (Å²) >= 11 is 0. The van der Waals surface area contributed by atoms with E-state index in [1.165, 1.54) is 12.2 Å². The fourth-order valence-electron chi connectivity index (χ4n) is 0.852. The van der Waals surface area contributed by atoms with Gasteiger partial charge in [0.05, 0.1) is 13.2 Å². The molecule has 0 atom stereocenters. The number of unbranched alkanes of at least 4 members (excludes halogenated alkanes) is 1. The third-order valence-corrected chi connectivity index (χ3v) is 1.62. The Balaban J connectivity index is 3.29. The molecule has 0 fully saturated rings. The Morgan fingerprint density at radius 1 is 0.778 bits per heavy atom. The summed E-state index contributed by atoms with van der Waals surface area (Å²) in [5, 5.41) is 0. The highest BCUT2D eigenvalue weighted by Crippen LogP contribution is 1.95. The van der Waals surface area contributed by atoms with Gasteiger partial charge >= 0.3 is 12.3 Å². The molecule has 0 aromatic rings. The third kappa shape index (κ3) is 10.5. The van der Waals surface area contributed by atoms with Crippen molar-refractivity contribution >= 4 is 12.3 Å². The largest absolute Gasteiger partial charge is 0.508 e. The quantitative estimate of drug-likeness (QED) is 0.359. The third-order valence-electron chi connectivity index (χ3n) is 1.62. The molecule has 0 saturated heterocycles. The summed E-state index contributed by atoms with van der Waals surface area (Å²) in [7, 11) is 0. The zero-order chi connectivity index (χ0) is 13.6. The molecule has 18 heavy (non-hydrogen) atoms. The number of rotatable bonds is 9. The van der Waals surface area contributed by atoms with E-state index < -0.39 is 12.3 Å². The van der Waals surface area contributed by atoms with E-state index in [-0.39, 0.29) is 26.4 Å². The maximum Gasteiger partial charge on any atom is 0.508 e. The molecule has 0 rings (SSSR count). The highest BCUT2D eigenvalue weighted by atomic mass is 16.7. The summed E-state index contributed by atoms with van der Waals surface area (Å²) in [5.74, 6) is 0. The molecule has 102 valence electrons. The highest BCUT2D eigenvalue weighted by molar-refractivity contribution is 5.60. The van der Waals surface area contributed by atoms with Gasteiger partial charge in [0.1, 0.15) is 13.2 Å². The monoisotopic (exact) mass is 258 g/mol. The van der Waals surface area contributed by atoms with E-state index in [4.69, 9.17) is 9.47 Å². The van der Waals surface area contributed by atoms with E-state index in [0.717, 1.165) is 0 Å². The van der Waals surface area contributed by atoms with Crippen LogP contribution in [0.4, 0.5) is 9.59 Å². The SMILES string of the molecule is C=CCOC(=O)OCCCCOC(=O)OCC=C. The van der Waals surface area contributed by atoms with E-state index >= 15 is 0 Å². The molecule has 0 heterocycles. The number of carbonyl (C=O) groups is 2. The van der Waals surface area contributed by atoms with Crippen molar-refractivity contribution in [1.29, 1.82) is 0 Å². The number of hydrogen-bond donors (Lipinski definition) is 0. The van der Waals surface area contributed by atoms with Crippen LogP contribution in [-0.2, 0) is 18.9 Å². The molecular formula is C12H18O6. The zero-order valence-corrected chi connectivity index (χ0v) is 10.3. The zero-order valence-electron chi connectivity index (χ0n) is 10.3. The molecule has 0 aliphatic carbocycles. The van der Waals surface area contributed by atoms with Gasteiger partial charge in [-0.05, 0) is 12.8 Å². The molecule has 0 radical (unpaired) electrons. The molecule has 0 aliphatic heterocycles. The van der Waals surface area contributed by atoms with Crippen molar-refractivity contribution in [2.24, 2.45) is 0 Å². The van der Waals surface area contributed by atoms with Gasteiger partial charge in [0.2, 0.25) is 0 Å². The lowest BCUT2D eigenvalue weighted by molar-refractivity contribution is 0.0511. The predicted molar refractivity (Wildman–Crippen MR) is 64.2 cm³/mol. The van der Waals surface area contributed by atoms with Gasteiger partial charge in [-0.3, -0.25) is 0 Å². The Morgan fingerprint density at radius 3 is 1.50 bits per heavy atom. The topological polar surface area (TPSA) is 71.1 Å². The van der Waals surface area contributed by atoms with Crippen molar-refractivity contribution in [2.45, 2.75) is 12.8 Å². The number of ether oxygens (including phenoxy) is 4. The maximum atomic E-state index is 10.9. The van der Waals surface area contributed by atoms with Gasteiger partial charge in [-0.1, -0.05) is 25.3 Å². The van der Waals surface area contributed by atoms with Gasteiger partial charge in [-0.25, -0.2) is 9.59 Å². The van der Waals surface area contributed by atoms with Gasteiger partial charge in [0.25, 0.3) is 0 Å². The van der Waals surface area contributed by atoms with Crippen LogP contribution in [0.2, 0.25) is 0 Å². The molecule has 6 heteroatoms. The summed E-state index contributed by atoms with van der Waals surface area (Å²) in [6.07, 6.45) is 2.56. The normalized spacial score (nSPS) is 9.11. The summed E-state index contributed by atoms with van der Waals surface area (Å²) in [5.41, 5.74) is 0. The Kier molecular flexibility index (Phi) is 10.2. The van der Waals surface area contributed by atoms with Crippen LogP contribution in [-0.4, -0.2) is 38.7 Å². The first-order valence-corrected chi connectivity index (χ1v) is 5.51. The average Bonchev–Trinajstić information content (AvgIpc) is 2.37. The molecule has 0 aromatic heterocycles.